The smallest absolute Gasteiger partial charge is 0.308 e. The molecule has 1 aliphatic rings. The zero-order valence-corrected chi connectivity index (χ0v) is 23.9. The van der Waals surface area contributed by atoms with Crippen LogP contribution < -0.4 is 10.1 Å². The van der Waals surface area contributed by atoms with Crippen molar-refractivity contribution in [2.45, 2.75) is 46.6 Å². The number of nitrogens with zero attached hydrogens (tertiary/aromatic N) is 4. The second kappa shape index (κ2) is 11.1. The molecule has 1 unspecified atom stereocenters. The Bertz CT molecular complexity index is 1600. The Morgan fingerprint density at radius 1 is 1.07 bits per heavy atom. The fraction of sp³-hybridized carbons (Fsp3) is 0.300. The number of nitrogens with one attached hydrogen (secondary N) is 1. The lowest BCUT2D eigenvalue weighted by Crippen LogP contribution is -2.21. The van der Waals surface area contributed by atoms with Crippen LogP contribution in [0.1, 0.15) is 58.2 Å². The Kier molecular flexibility index (Phi) is 7.53. The van der Waals surface area contributed by atoms with Gasteiger partial charge >= 0.3 is 5.97 Å². The van der Waals surface area contributed by atoms with Gasteiger partial charge in [0.25, 0.3) is 0 Å². The standard InChI is InChI=1S/C30H31N5O4S/c1-16-18(3)40-29-25(16)27(32-26(17(2)30(37)38)28-34-33-19(4)35(28)29)21-9-11-22(12-10-21)31-24(36)15-8-20-6-13-23(39-5)14-7-20/h6-7,9-14,17,26H,8,15H2,1-5H3,(H,31,36)(H,37,38)/t17-,26?/m0/s1. The number of thiophene rings is 1. The average molecular weight is 558 g/mol. The number of benzene rings is 2. The van der Waals surface area contributed by atoms with Gasteiger partial charge in [0.2, 0.25) is 5.91 Å². The zero-order chi connectivity index (χ0) is 28.6. The van der Waals surface area contributed by atoms with Crippen molar-refractivity contribution in [3.8, 4) is 10.8 Å². The Balaban J connectivity index is 1.43. The monoisotopic (exact) mass is 557 g/mol. The van der Waals surface area contributed by atoms with Crippen LogP contribution in [0, 0.1) is 26.7 Å². The minimum Gasteiger partial charge on any atom is -0.497 e. The van der Waals surface area contributed by atoms with Crippen molar-refractivity contribution in [1.82, 2.24) is 14.8 Å². The quantitative estimate of drug-likeness (QED) is 0.298. The zero-order valence-electron chi connectivity index (χ0n) is 23.1. The molecule has 2 N–H and O–H groups in total. The van der Waals surface area contributed by atoms with Crippen molar-refractivity contribution in [3.63, 3.8) is 0 Å². The number of aromatic nitrogens is 3. The summed E-state index contributed by atoms with van der Waals surface area (Å²) in [4.78, 5) is 30.9. The van der Waals surface area contributed by atoms with Crippen molar-refractivity contribution in [2.24, 2.45) is 10.9 Å². The van der Waals surface area contributed by atoms with Gasteiger partial charge in [0.1, 0.15) is 22.6 Å². The van der Waals surface area contributed by atoms with E-state index in [-0.39, 0.29) is 5.91 Å². The number of aliphatic imine (C=N–C) groups is 1. The first-order chi connectivity index (χ1) is 19.2. The van der Waals surface area contributed by atoms with E-state index in [2.05, 4.69) is 29.4 Å². The first kappa shape index (κ1) is 27.3. The number of fused-ring (bicyclic) bond motifs is 3. The molecule has 0 spiro atoms. The predicted molar refractivity (Wildman–Crippen MR) is 155 cm³/mol. The summed E-state index contributed by atoms with van der Waals surface area (Å²) in [5, 5.41) is 22.4. The van der Waals surface area contributed by atoms with E-state index in [0.717, 1.165) is 37.9 Å². The van der Waals surface area contributed by atoms with Crippen molar-refractivity contribution in [3.05, 3.63) is 87.3 Å². The third kappa shape index (κ3) is 5.14. The molecule has 40 heavy (non-hydrogen) atoms. The number of hydrogen-bond acceptors (Lipinski definition) is 7. The number of carboxylic acid groups (broad SMARTS) is 1. The number of rotatable bonds is 8. The van der Waals surface area contributed by atoms with Crippen LogP contribution >= 0.6 is 11.3 Å². The van der Waals surface area contributed by atoms with Crippen LogP contribution in [0.25, 0.3) is 5.00 Å². The minimum absolute atomic E-state index is 0.0780. The van der Waals surface area contributed by atoms with E-state index in [1.165, 1.54) is 0 Å². The highest BCUT2D eigenvalue weighted by molar-refractivity contribution is 7.15. The number of anilines is 1. The number of carbonyl (C=O) groups is 2. The van der Waals surface area contributed by atoms with Crippen molar-refractivity contribution >= 4 is 34.6 Å². The predicted octanol–water partition coefficient (Wildman–Crippen LogP) is 5.45. The molecule has 9 nitrogen and oxygen atoms in total. The third-order valence-corrected chi connectivity index (χ3v) is 8.49. The van der Waals surface area contributed by atoms with Crippen LogP contribution in [0.3, 0.4) is 0 Å². The molecule has 1 amide bonds. The molecule has 10 heteroatoms. The Labute approximate surface area is 236 Å². The van der Waals surface area contributed by atoms with E-state index in [1.807, 2.05) is 60.0 Å². The fourth-order valence-electron chi connectivity index (χ4n) is 4.80. The fourth-order valence-corrected chi connectivity index (χ4v) is 6.02. The second-order valence-electron chi connectivity index (χ2n) is 9.93. The number of hydrogen-bond donors (Lipinski definition) is 2. The summed E-state index contributed by atoms with van der Waals surface area (Å²) in [7, 11) is 1.63. The lowest BCUT2D eigenvalue weighted by atomic mass is 9.98. The molecule has 0 fully saturated rings. The minimum atomic E-state index is -0.953. The molecule has 4 aromatic rings. The van der Waals surface area contributed by atoms with Crippen LogP contribution in [0.15, 0.2) is 53.5 Å². The number of amides is 1. The highest BCUT2D eigenvalue weighted by Crippen LogP contribution is 2.40. The van der Waals surface area contributed by atoms with E-state index >= 15 is 0 Å². The maximum Gasteiger partial charge on any atom is 0.308 e. The molecule has 1 aliphatic heterocycles. The number of aliphatic carboxylic acids is 1. The highest BCUT2D eigenvalue weighted by atomic mass is 32.1. The molecule has 5 rings (SSSR count). The Hall–Kier alpha value is -4.31. The molecule has 0 radical (unpaired) electrons. The van der Waals surface area contributed by atoms with Crippen LogP contribution in [-0.2, 0) is 16.0 Å². The molecule has 2 atom stereocenters. The number of carboxylic acids is 1. The van der Waals surface area contributed by atoms with E-state index in [9.17, 15) is 14.7 Å². The molecular weight excluding hydrogens is 526 g/mol. The van der Waals surface area contributed by atoms with E-state index in [0.29, 0.717) is 35.9 Å². The van der Waals surface area contributed by atoms with Crippen molar-refractivity contribution in [2.75, 3.05) is 12.4 Å². The van der Waals surface area contributed by atoms with Gasteiger partial charge in [-0.1, -0.05) is 24.3 Å². The van der Waals surface area contributed by atoms with Gasteiger partial charge in [0.15, 0.2) is 5.82 Å². The highest BCUT2D eigenvalue weighted by Gasteiger charge is 2.36. The largest absolute Gasteiger partial charge is 0.497 e. The van der Waals surface area contributed by atoms with Crippen molar-refractivity contribution in [1.29, 1.82) is 0 Å². The molecule has 0 saturated heterocycles. The molecule has 206 valence electrons. The van der Waals surface area contributed by atoms with Gasteiger partial charge in [0.05, 0.1) is 18.7 Å². The maximum absolute atomic E-state index is 12.6. The van der Waals surface area contributed by atoms with Gasteiger partial charge < -0.3 is 15.2 Å². The summed E-state index contributed by atoms with van der Waals surface area (Å²) < 4.78 is 7.13. The third-order valence-electron chi connectivity index (χ3n) is 7.29. The SMILES string of the molecule is COc1ccc(CCC(=O)Nc2ccc(C3=NC([C@H](C)C(=O)O)c4nnc(C)n4-c4sc(C)c(C)c43)cc2)cc1. The Morgan fingerprint density at radius 2 is 1.77 bits per heavy atom. The van der Waals surface area contributed by atoms with Gasteiger partial charge in [0, 0.05) is 28.1 Å². The summed E-state index contributed by atoms with van der Waals surface area (Å²) in [5.74, 6) is 0.149. The number of aryl methyl sites for hydroxylation is 3. The summed E-state index contributed by atoms with van der Waals surface area (Å²) in [6, 6.07) is 14.5. The van der Waals surface area contributed by atoms with Gasteiger partial charge in [-0.3, -0.25) is 19.1 Å². The molecule has 2 aromatic heterocycles. The second-order valence-corrected chi connectivity index (χ2v) is 11.1. The average Bonchev–Trinajstić information content (AvgIpc) is 3.42. The van der Waals surface area contributed by atoms with Gasteiger partial charge in [-0.05, 0) is 69.5 Å². The van der Waals surface area contributed by atoms with Gasteiger partial charge in [-0.2, -0.15) is 0 Å². The molecular formula is C30H31N5O4S. The van der Waals surface area contributed by atoms with E-state index in [4.69, 9.17) is 9.73 Å². The summed E-state index contributed by atoms with van der Waals surface area (Å²) >= 11 is 1.62. The normalized spacial score (nSPS) is 14.9. The van der Waals surface area contributed by atoms with E-state index in [1.54, 1.807) is 25.4 Å². The summed E-state index contributed by atoms with van der Waals surface area (Å²) in [5.41, 5.74) is 5.31. The molecule has 3 heterocycles. The maximum atomic E-state index is 12.6. The van der Waals surface area contributed by atoms with Crippen molar-refractivity contribution < 1.29 is 19.4 Å². The topological polar surface area (TPSA) is 119 Å². The van der Waals surface area contributed by atoms with Crippen LogP contribution in [-0.4, -0.2) is 44.6 Å². The first-order valence-corrected chi connectivity index (χ1v) is 13.9. The lowest BCUT2D eigenvalue weighted by molar-refractivity contribution is -0.141. The number of methoxy groups -OCH3 is 1. The van der Waals surface area contributed by atoms with Crippen LogP contribution in [0.2, 0.25) is 0 Å². The van der Waals surface area contributed by atoms with Gasteiger partial charge in [-0.15, -0.1) is 21.5 Å². The molecule has 0 saturated carbocycles. The van der Waals surface area contributed by atoms with E-state index < -0.39 is 17.9 Å². The Morgan fingerprint density at radius 3 is 2.42 bits per heavy atom. The van der Waals surface area contributed by atoms with Crippen LogP contribution in [0.4, 0.5) is 5.69 Å². The summed E-state index contributed by atoms with van der Waals surface area (Å²) in [6.45, 7) is 7.63. The molecule has 2 aromatic carbocycles. The molecule has 0 aliphatic carbocycles. The first-order valence-electron chi connectivity index (χ1n) is 13.0. The summed E-state index contributed by atoms with van der Waals surface area (Å²) in [6.07, 6.45) is 0.974. The lowest BCUT2D eigenvalue weighted by Gasteiger charge is -2.16. The number of carbonyl (C=O) groups excluding carboxylic acids is 1. The number of ether oxygens (including phenoxy) is 1. The molecule has 0 bridgehead atoms. The van der Waals surface area contributed by atoms with Crippen LogP contribution in [0.5, 0.6) is 5.75 Å². The van der Waals surface area contributed by atoms with Gasteiger partial charge in [-0.25, -0.2) is 0 Å².